The van der Waals surface area contributed by atoms with Crippen molar-refractivity contribution in [3.63, 3.8) is 0 Å². The van der Waals surface area contributed by atoms with Crippen LogP contribution in [0.2, 0.25) is 0 Å². The van der Waals surface area contributed by atoms with Crippen LogP contribution in [-0.2, 0) is 16.8 Å². The number of alkyl halides is 3. The molecule has 0 fully saturated rings. The van der Waals surface area contributed by atoms with E-state index in [0.29, 0.717) is 5.82 Å². The molecule has 0 aliphatic rings. The van der Waals surface area contributed by atoms with Crippen LogP contribution in [0.25, 0.3) is 0 Å². The molecule has 1 aromatic rings. The SMILES string of the molecule is CNc1cc(C(C)(C)C)nc(COCC(F)(F)F)n1. The highest BCUT2D eigenvalue weighted by Gasteiger charge is 2.27. The van der Waals surface area contributed by atoms with Gasteiger partial charge < -0.3 is 10.1 Å². The average molecular weight is 277 g/mol. The number of rotatable bonds is 4. The maximum absolute atomic E-state index is 12.0. The fourth-order valence-electron chi connectivity index (χ4n) is 1.33. The van der Waals surface area contributed by atoms with Gasteiger partial charge in [-0.3, -0.25) is 0 Å². The van der Waals surface area contributed by atoms with Gasteiger partial charge in [0.15, 0.2) is 5.82 Å². The number of anilines is 1. The molecule has 4 nitrogen and oxygen atoms in total. The zero-order chi connectivity index (χ0) is 14.7. The lowest BCUT2D eigenvalue weighted by Gasteiger charge is -2.19. The van der Waals surface area contributed by atoms with E-state index >= 15 is 0 Å². The molecule has 0 amide bonds. The molecule has 0 unspecified atom stereocenters. The quantitative estimate of drug-likeness (QED) is 0.919. The van der Waals surface area contributed by atoms with Gasteiger partial charge in [0.2, 0.25) is 0 Å². The third kappa shape index (κ3) is 5.42. The zero-order valence-electron chi connectivity index (χ0n) is 11.4. The normalized spacial score (nSPS) is 12.6. The van der Waals surface area contributed by atoms with Gasteiger partial charge in [-0.1, -0.05) is 20.8 Å². The zero-order valence-corrected chi connectivity index (χ0v) is 11.4. The highest BCUT2D eigenvalue weighted by molar-refractivity contribution is 5.37. The van der Waals surface area contributed by atoms with Gasteiger partial charge in [-0.2, -0.15) is 13.2 Å². The molecule has 0 aliphatic heterocycles. The first kappa shape index (κ1) is 15.7. The molecule has 0 bridgehead atoms. The molecule has 0 radical (unpaired) electrons. The van der Waals surface area contributed by atoms with Crippen LogP contribution in [0.1, 0.15) is 32.3 Å². The van der Waals surface area contributed by atoms with Gasteiger partial charge in [0.05, 0.1) is 5.69 Å². The third-order valence-electron chi connectivity index (χ3n) is 2.29. The second-order valence-electron chi connectivity index (χ2n) is 5.16. The van der Waals surface area contributed by atoms with Gasteiger partial charge in [0.25, 0.3) is 0 Å². The van der Waals surface area contributed by atoms with E-state index in [1.165, 1.54) is 0 Å². The van der Waals surface area contributed by atoms with E-state index in [1.54, 1.807) is 13.1 Å². The smallest absolute Gasteiger partial charge is 0.373 e. The summed E-state index contributed by atoms with van der Waals surface area (Å²) in [6.45, 7) is 4.34. The monoisotopic (exact) mass is 277 g/mol. The van der Waals surface area contributed by atoms with Crippen LogP contribution in [0, 0.1) is 0 Å². The van der Waals surface area contributed by atoms with Gasteiger partial charge >= 0.3 is 6.18 Å². The summed E-state index contributed by atoms with van der Waals surface area (Å²) >= 11 is 0. The van der Waals surface area contributed by atoms with E-state index in [9.17, 15) is 13.2 Å². The minimum atomic E-state index is -4.34. The highest BCUT2D eigenvalue weighted by atomic mass is 19.4. The maximum atomic E-state index is 12.0. The summed E-state index contributed by atoms with van der Waals surface area (Å²) in [5.74, 6) is 0.798. The van der Waals surface area contributed by atoms with Gasteiger partial charge in [-0.25, -0.2) is 9.97 Å². The van der Waals surface area contributed by atoms with Crippen LogP contribution < -0.4 is 5.32 Å². The van der Waals surface area contributed by atoms with E-state index in [1.807, 2.05) is 20.8 Å². The van der Waals surface area contributed by atoms with Gasteiger partial charge in [-0.05, 0) is 0 Å². The Labute approximate surface area is 110 Å². The van der Waals surface area contributed by atoms with Crippen molar-refractivity contribution in [3.8, 4) is 0 Å². The van der Waals surface area contributed by atoms with Crippen LogP contribution in [0.3, 0.4) is 0 Å². The standard InChI is InChI=1S/C12H18F3N3O/c1-11(2,3)8-5-9(16-4)18-10(17-8)6-19-7-12(13,14)15/h5H,6-7H2,1-4H3,(H,16,17,18). The second-order valence-corrected chi connectivity index (χ2v) is 5.16. The van der Waals surface area contributed by atoms with Gasteiger partial charge in [0, 0.05) is 18.5 Å². The number of ether oxygens (including phenoxy) is 1. The predicted octanol–water partition coefficient (Wildman–Crippen LogP) is 2.89. The number of halogens is 3. The Morgan fingerprint density at radius 3 is 2.32 bits per heavy atom. The van der Waals surface area contributed by atoms with Crippen molar-refractivity contribution < 1.29 is 17.9 Å². The Morgan fingerprint density at radius 2 is 1.84 bits per heavy atom. The minimum absolute atomic E-state index is 0.215. The van der Waals surface area contributed by atoms with E-state index in [-0.39, 0.29) is 17.8 Å². The first-order valence-electron chi connectivity index (χ1n) is 5.82. The Hall–Kier alpha value is -1.37. The fraction of sp³-hybridized carbons (Fsp3) is 0.667. The summed E-state index contributed by atoms with van der Waals surface area (Å²) in [4.78, 5) is 8.30. The van der Waals surface area contributed by atoms with Crippen LogP contribution in [0.15, 0.2) is 6.07 Å². The number of nitrogens with zero attached hydrogens (tertiary/aromatic N) is 2. The Balaban J connectivity index is 2.83. The minimum Gasteiger partial charge on any atom is -0.373 e. The van der Waals surface area contributed by atoms with E-state index in [4.69, 9.17) is 0 Å². The molecule has 0 aromatic carbocycles. The Morgan fingerprint density at radius 1 is 1.21 bits per heavy atom. The summed E-state index contributed by atoms with van der Waals surface area (Å²) in [6, 6.07) is 1.77. The molecule has 0 atom stereocenters. The molecule has 1 N–H and O–H groups in total. The van der Waals surface area contributed by atoms with Crippen LogP contribution in [0.4, 0.5) is 19.0 Å². The lowest BCUT2D eigenvalue weighted by Crippen LogP contribution is -2.19. The molecule has 7 heteroatoms. The van der Waals surface area contributed by atoms with Crippen molar-refractivity contribution >= 4 is 5.82 Å². The van der Waals surface area contributed by atoms with Crippen LogP contribution in [-0.4, -0.2) is 29.8 Å². The van der Waals surface area contributed by atoms with Crippen LogP contribution >= 0.6 is 0 Å². The van der Waals surface area contributed by atoms with Crippen molar-refractivity contribution in [3.05, 3.63) is 17.6 Å². The Bertz CT molecular complexity index is 427. The predicted molar refractivity (Wildman–Crippen MR) is 66.0 cm³/mol. The lowest BCUT2D eigenvalue weighted by molar-refractivity contribution is -0.177. The van der Waals surface area contributed by atoms with Gasteiger partial charge in [-0.15, -0.1) is 0 Å². The number of hydrogen-bond acceptors (Lipinski definition) is 4. The molecule has 0 saturated heterocycles. The van der Waals surface area contributed by atoms with E-state index < -0.39 is 12.8 Å². The van der Waals surface area contributed by atoms with Gasteiger partial charge in [0.1, 0.15) is 19.0 Å². The summed E-state index contributed by atoms with van der Waals surface area (Å²) in [6.07, 6.45) is -4.34. The molecule has 1 aromatic heterocycles. The lowest BCUT2D eigenvalue weighted by atomic mass is 9.92. The molecule has 1 heterocycles. The van der Waals surface area contributed by atoms with Crippen molar-refractivity contribution in [2.24, 2.45) is 0 Å². The highest BCUT2D eigenvalue weighted by Crippen LogP contribution is 2.22. The average Bonchev–Trinajstić information content (AvgIpc) is 2.25. The van der Waals surface area contributed by atoms with Crippen molar-refractivity contribution in [1.29, 1.82) is 0 Å². The van der Waals surface area contributed by atoms with Crippen molar-refractivity contribution in [1.82, 2.24) is 9.97 Å². The first-order valence-corrected chi connectivity index (χ1v) is 5.82. The Kier molecular flexibility index (Phi) is 4.73. The molecule has 0 saturated carbocycles. The number of hydrogen-bond donors (Lipinski definition) is 1. The summed E-state index contributed by atoms with van der Waals surface area (Å²) in [5.41, 5.74) is 0.533. The van der Waals surface area contributed by atoms with E-state index in [2.05, 4.69) is 20.0 Å². The molecule has 108 valence electrons. The van der Waals surface area contributed by atoms with Crippen molar-refractivity contribution in [2.45, 2.75) is 39.0 Å². The summed E-state index contributed by atoms with van der Waals surface area (Å²) < 4.78 is 40.6. The van der Waals surface area contributed by atoms with E-state index in [0.717, 1.165) is 5.69 Å². The second kappa shape index (κ2) is 5.73. The van der Waals surface area contributed by atoms with Crippen LogP contribution in [0.5, 0.6) is 0 Å². The first-order chi connectivity index (χ1) is 8.62. The van der Waals surface area contributed by atoms with Crippen molar-refractivity contribution in [2.75, 3.05) is 19.0 Å². The molecule has 0 spiro atoms. The summed E-state index contributed by atoms with van der Waals surface area (Å²) in [7, 11) is 1.69. The fourth-order valence-corrected chi connectivity index (χ4v) is 1.33. The third-order valence-corrected chi connectivity index (χ3v) is 2.29. The maximum Gasteiger partial charge on any atom is 0.411 e. The molecule has 0 aliphatic carbocycles. The molecular weight excluding hydrogens is 259 g/mol. The topological polar surface area (TPSA) is 47.0 Å². The molecule has 19 heavy (non-hydrogen) atoms. The molecular formula is C12H18F3N3O. The molecule has 1 rings (SSSR count). The number of aromatic nitrogens is 2. The largest absolute Gasteiger partial charge is 0.411 e. The summed E-state index contributed by atoms with van der Waals surface area (Å²) in [5, 5.41) is 2.86. The number of nitrogens with one attached hydrogen (secondary N) is 1.